The molecule has 5 nitrogen and oxygen atoms in total. The third-order valence-electron chi connectivity index (χ3n) is 2.46. The zero-order valence-electron chi connectivity index (χ0n) is 7.77. The van der Waals surface area contributed by atoms with Crippen molar-refractivity contribution in [1.82, 2.24) is 4.90 Å². The number of aliphatic hydroxyl groups is 1. The van der Waals surface area contributed by atoms with E-state index in [0.29, 0.717) is 19.6 Å². The number of aliphatic hydroxyl groups excluding tert-OH is 1. The van der Waals surface area contributed by atoms with Gasteiger partial charge in [-0.25, -0.2) is 4.79 Å². The number of β-amino-alcohol motifs (C(OH)–C–C–N with tert-alkyl or cyclic N) is 1. The van der Waals surface area contributed by atoms with Gasteiger partial charge in [0.1, 0.15) is 0 Å². The lowest BCUT2D eigenvalue weighted by Crippen LogP contribution is -2.48. The molecule has 0 aliphatic carbocycles. The Labute approximate surface area is 77.5 Å². The molecular weight excluding hydrogens is 172 g/mol. The summed E-state index contributed by atoms with van der Waals surface area (Å²) in [7, 11) is 1.34. The highest BCUT2D eigenvalue weighted by atomic mass is 16.5. The van der Waals surface area contributed by atoms with Gasteiger partial charge in [0.2, 0.25) is 0 Å². The Morgan fingerprint density at radius 2 is 2.46 bits per heavy atom. The number of piperidine rings is 1. The second kappa shape index (κ2) is 4.43. The van der Waals surface area contributed by atoms with E-state index in [2.05, 4.69) is 4.74 Å². The van der Waals surface area contributed by atoms with E-state index in [0.717, 1.165) is 6.42 Å². The first-order valence-corrected chi connectivity index (χ1v) is 4.40. The van der Waals surface area contributed by atoms with Crippen molar-refractivity contribution in [2.75, 3.05) is 26.7 Å². The Morgan fingerprint density at radius 1 is 1.77 bits per heavy atom. The van der Waals surface area contributed by atoms with Crippen molar-refractivity contribution in [1.29, 1.82) is 0 Å². The van der Waals surface area contributed by atoms with E-state index in [9.17, 15) is 9.90 Å². The van der Waals surface area contributed by atoms with Gasteiger partial charge in [-0.15, -0.1) is 0 Å². The summed E-state index contributed by atoms with van der Waals surface area (Å²) in [5.74, 6) is 0.112. The number of carbonyl (C=O) groups is 1. The third-order valence-corrected chi connectivity index (χ3v) is 2.46. The lowest BCUT2D eigenvalue weighted by atomic mass is 9.94. The van der Waals surface area contributed by atoms with Gasteiger partial charge in [0.25, 0.3) is 0 Å². The van der Waals surface area contributed by atoms with Crippen molar-refractivity contribution in [2.24, 2.45) is 11.7 Å². The average Bonchev–Trinajstić information content (AvgIpc) is 2.16. The fourth-order valence-electron chi connectivity index (χ4n) is 1.55. The van der Waals surface area contributed by atoms with E-state index < -0.39 is 6.10 Å². The highest BCUT2D eigenvalue weighted by Crippen LogP contribution is 2.16. The number of hydrogen-bond donors (Lipinski definition) is 2. The molecule has 0 aromatic carbocycles. The second-order valence-corrected chi connectivity index (χ2v) is 3.27. The number of rotatable bonds is 1. The summed E-state index contributed by atoms with van der Waals surface area (Å²) in [6.45, 7) is 1.41. The molecule has 0 spiro atoms. The number of carbonyl (C=O) groups excluding carboxylic acids is 1. The van der Waals surface area contributed by atoms with E-state index in [1.54, 1.807) is 0 Å². The van der Waals surface area contributed by atoms with Gasteiger partial charge < -0.3 is 20.5 Å². The minimum absolute atomic E-state index is 0.112. The maximum absolute atomic E-state index is 11.1. The molecule has 1 aliphatic rings. The molecule has 1 fully saturated rings. The number of ether oxygens (including phenoxy) is 1. The largest absolute Gasteiger partial charge is 0.453 e. The van der Waals surface area contributed by atoms with Crippen LogP contribution in [0.2, 0.25) is 0 Å². The molecule has 13 heavy (non-hydrogen) atoms. The van der Waals surface area contributed by atoms with Crippen molar-refractivity contribution < 1.29 is 14.6 Å². The SMILES string of the molecule is COC(=O)N1CCC(CN)C(O)C1. The monoisotopic (exact) mass is 188 g/mol. The Kier molecular flexibility index (Phi) is 3.50. The standard InChI is InChI=1S/C8H16N2O3/c1-13-8(12)10-3-2-6(4-9)7(11)5-10/h6-7,11H,2-5,9H2,1H3. The Morgan fingerprint density at radius 3 is 2.92 bits per heavy atom. The van der Waals surface area contributed by atoms with Crippen LogP contribution in [-0.2, 0) is 4.74 Å². The predicted molar refractivity (Wildman–Crippen MR) is 47.1 cm³/mol. The molecule has 0 aromatic heterocycles. The summed E-state index contributed by atoms with van der Waals surface area (Å²) < 4.78 is 4.55. The average molecular weight is 188 g/mol. The summed E-state index contributed by atoms with van der Waals surface area (Å²) >= 11 is 0. The van der Waals surface area contributed by atoms with Gasteiger partial charge in [0, 0.05) is 12.5 Å². The van der Waals surface area contributed by atoms with Crippen LogP contribution in [0.15, 0.2) is 0 Å². The molecule has 0 saturated carbocycles. The second-order valence-electron chi connectivity index (χ2n) is 3.27. The molecule has 1 heterocycles. The first kappa shape index (κ1) is 10.3. The topological polar surface area (TPSA) is 75.8 Å². The van der Waals surface area contributed by atoms with Crippen LogP contribution in [0.4, 0.5) is 4.79 Å². The number of nitrogens with two attached hydrogens (primary N) is 1. The van der Waals surface area contributed by atoms with Gasteiger partial charge in [0.15, 0.2) is 0 Å². The first-order chi connectivity index (χ1) is 6.19. The zero-order valence-corrected chi connectivity index (χ0v) is 7.77. The smallest absolute Gasteiger partial charge is 0.409 e. The molecule has 0 bridgehead atoms. The summed E-state index contributed by atoms with van der Waals surface area (Å²) in [6, 6.07) is 0. The number of amides is 1. The Bertz CT molecular complexity index is 186. The van der Waals surface area contributed by atoms with Crippen LogP contribution in [-0.4, -0.2) is 48.9 Å². The fraction of sp³-hybridized carbons (Fsp3) is 0.875. The summed E-state index contributed by atoms with van der Waals surface area (Å²) in [5.41, 5.74) is 5.45. The van der Waals surface area contributed by atoms with Crippen LogP contribution in [0.25, 0.3) is 0 Å². The number of nitrogens with zero attached hydrogens (tertiary/aromatic N) is 1. The third kappa shape index (κ3) is 2.32. The number of likely N-dealkylation sites (tertiary alicyclic amines) is 1. The van der Waals surface area contributed by atoms with E-state index >= 15 is 0 Å². The molecule has 2 unspecified atom stereocenters. The van der Waals surface area contributed by atoms with Gasteiger partial charge >= 0.3 is 6.09 Å². The molecule has 5 heteroatoms. The van der Waals surface area contributed by atoms with Crippen molar-refractivity contribution in [3.63, 3.8) is 0 Å². The molecule has 3 N–H and O–H groups in total. The molecule has 76 valence electrons. The van der Waals surface area contributed by atoms with E-state index in [4.69, 9.17) is 5.73 Å². The van der Waals surface area contributed by atoms with Crippen molar-refractivity contribution in [2.45, 2.75) is 12.5 Å². The predicted octanol–water partition coefficient (Wildman–Crippen LogP) is -0.606. The molecule has 1 saturated heterocycles. The number of hydrogen-bond acceptors (Lipinski definition) is 4. The van der Waals surface area contributed by atoms with Crippen molar-refractivity contribution >= 4 is 6.09 Å². The van der Waals surface area contributed by atoms with Crippen LogP contribution in [0, 0.1) is 5.92 Å². The van der Waals surface area contributed by atoms with Crippen molar-refractivity contribution in [3.05, 3.63) is 0 Å². The summed E-state index contributed by atoms with van der Waals surface area (Å²) in [6.07, 6.45) is -0.153. The maximum atomic E-state index is 11.1. The van der Waals surface area contributed by atoms with E-state index in [1.165, 1.54) is 12.0 Å². The molecule has 0 aromatic rings. The van der Waals surface area contributed by atoms with Crippen molar-refractivity contribution in [3.8, 4) is 0 Å². The maximum Gasteiger partial charge on any atom is 0.409 e. The van der Waals surface area contributed by atoms with Crippen LogP contribution >= 0.6 is 0 Å². The highest BCUT2D eigenvalue weighted by Gasteiger charge is 2.29. The first-order valence-electron chi connectivity index (χ1n) is 4.40. The summed E-state index contributed by atoms with van der Waals surface area (Å²) in [5, 5.41) is 9.55. The minimum Gasteiger partial charge on any atom is -0.453 e. The molecule has 1 amide bonds. The van der Waals surface area contributed by atoms with Gasteiger partial charge in [0.05, 0.1) is 19.8 Å². The quantitative estimate of drug-likeness (QED) is 0.576. The van der Waals surface area contributed by atoms with Gasteiger partial charge in [-0.2, -0.15) is 0 Å². The lowest BCUT2D eigenvalue weighted by molar-refractivity contribution is 0.0233. The molecule has 0 radical (unpaired) electrons. The van der Waals surface area contributed by atoms with Crippen LogP contribution in [0.1, 0.15) is 6.42 Å². The minimum atomic E-state index is -0.516. The van der Waals surface area contributed by atoms with Gasteiger partial charge in [-0.1, -0.05) is 0 Å². The fourth-order valence-corrected chi connectivity index (χ4v) is 1.55. The van der Waals surface area contributed by atoms with Crippen LogP contribution in [0.3, 0.4) is 0 Å². The van der Waals surface area contributed by atoms with Gasteiger partial charge in [-0.3, -0.25) is 0 Å². The van der Waals surface area contributed by atoms with E-state index in [-0.39, 0.29) is 12.0 Å². The molecular formula is C8H16N2O3. The normalized spacial score (nSPS) is 28.7. The lowest BCUT2D eigenvalue weighted by Gasteiger charge is -2.34. The van der Waals surface area contributed by atoms with Crippen LogP contribution in [0.5, 0.6) is 0 Å². The Balaban J connectivity index is 2.45. The molecule has 1 aliphatic heterocycles. The molecule has 2 atom stereocenters. The van der Waals surface area contributed by atoms with Crippen LogP contribution < -0.4 is 5.73 Å². The summed E-state index contributed by atoms with van der Waals surface area (Å²) in [4.78, 5) is 12.6. The number of methoxy groups -OCH3 is 1. The highest BCUT2D eigenvalue weighted by molar-refractivity contribution is 5.67. The Hall–Kier alpha value is -0.810. The molecule has 1 rings (SSSR count). The van der Waals surface area contributed by atoms with Gasteiger partial charge in [-0.05, 0) is 13.0 Å². The zero-order chi connectivity index (χ0) is 9.84. The van der Waals surface area contributed by atoms with E-state index in [1.807, 2.05) is 0 Å².